The van der Waals surface area contributed by atoms with Crippen LogP contribution in [0.5, 0.6) is 0 Å². The van der Waals surface area contributed by atoms with E-state index in [0.717, 1.165) is 17.5 Å². The quantitative estimate of drug-likeness (QED) is 0.377. The highest BCUT2D eigenvalue weighted by molar-refractivity contribution is 6.32. The van der Waals surface area contributed by atoms with Gasteiger partial charge >= 0.3 is 0 Å². The van der Waals surface area contributed by atoms with Gasteiger partial charge in [-0.1, -0.05) is 23.7 Å². The molecule has 9 heteroatoms. The van der Waals surface area contributed by atoms with Crippen LogP contribution >= 0.6 is 11.6 Å². The molecule has 7 nitrogen and oxygen atoms in total. The van der Waals surface area contributed by atoms with Gasteiger partial charge in [0.2, 0.25) is 0 Å². The Morgan fingerprint density at radius 1 is 1.24 bits per heavy atom. The summed E-state index contributed by atoms with van der Waals surface area (Å²) >= 11 is 5.74. The summed E-state index contributed by atoms with van der Waals surface area (Å²) in [6.07, 6.45) is 1.43. The van der Waals surface area contributed by atoms with E-state index >= 15 is 0 Å². The van der Waals surface area contributed by atoms with Crippen molar-refractivity contribution in [2.75, 3.05) is 0 Å². The number of nitrogens with one attached hydrogen (secondary N) is 1. The summed E-state index contributed by atoms with van der Waals surface area (Å²) in [7, 11) is 0. The zero-order chi connectivity index (χ0) is 21.1. The lowest BCUT2D eigenvalue weighted by molar-refractivity contribution is -0.384. The maximum atomic E-state index is 14.1. The lowest BCUT2D eigenvalue weighted by atomic mass is 10.2. The molecule has 0 atom stereocenters. The Kier molecular flexibility index (Phi) is 5.74. The fraction of sp³-hybridized carbons (Fsp3) is 0.100. The van der Waals surface area contributed by atoms with Crippen molar-refractivity contribution in [3.8, 4) is 5.69 Å². The van der Waals surface area contributed by atoms with E-state index in [9.17, 15) is 19.3 Å². The minimum absolute atomic E-state index is 0.0510. The van der Waals surface area contributed by atoms with Crippen LogP contribution in [0.4, 0.5) is 10.1 Å². The molecule has 0 bridgehead atoms. The molecule has 0 fully saturated rings. The van der Waals surface area contributed by atoms with Gasteiger partial charge in [-0.3, -0.25) is 14.9 Å². The summed E-state index contributed by atoms with van der Waals surface area (Å²) in [4.78, 5) is 22.5. The SMILES string of the molecule is Cc1cc(/C=N\NC(=O)c2ccc(Cl)c([N+](=O)[O-])c2)c(C)n1-c1ccccc1F. The van der Waals surface area contributed by atoms with Crippen LogP contribution in [-0.4, -0.2) is 21.6 Å². The first-order valence-electron chi connectivity index (χ1n) is 8.50. The minimum atomic E-state index is -0.667. The zero-order valence-corrected chi connectivity index (χ0v) is 16.3. The number of carbonyl (C=O) groups excluding carboxylic acids is 1. The molecule has 0 aliphatic rings. The molecule has 3 rings (SSSR count). The van der Waals surface area contributed by atoms with Gasteiger partial charge in [0.1, 0.15) is 10.8 Å². The van der Waals surface area contributed by atoms with Gasteiger partial charge in [-0.15, -0.1) is 0 Å². The Hall–Kier alpha value is -3.52. The standard InChI is InChI=1S/C20H16ClFN4O3/c1-12-9-15(13(2)25(12)18-6-4-3-5-17(18)22)11-23-24-20(27)14-7-8-16(21)19(10-14)26(28)29/h3-11H,1-2H3,(H,24,27)/b23-11-. The maximum Gasteiger partial charge on any atom is 0.288 e. The molecule has 0 aliphatic carbocycles. The van der Waals surface area contributed by atoms with Crippen LogP contribution in [0.25, 0.3) is 5.69 Å². The van der Waals surface area contributed by atoms with E-state index in [4.69, 9.17) is 11.6 Å². The van der Waals surface area contributed by atoms with Crippen LogP contribution in [0, 0.1) is 29.8 Å². The Bertz CT molecular complexity index is 1140. The van der Waals surface area contributed by atoms with E-state index in [0.29, 0.717) is 11.3 Å². The first-order chi connectivity index (χ1) is 13.8. The number of aromatic nitrogens is 1. The monoisotopic (exact) mass is 414 g/mol. The van der Waals surface area contributed by atoms with E-state index < -0.39 is 10.8 Å². The van der Waals surface area contributed by atoms with Gasteiger partial charge in [-0.2, -0.15) is 5.10 Å². The molecule has 0 aliphatic heterocycles. The molecule has 1 aromatic heterocycles. The summed E-state index contributed by atoms with van der Waals surface area (Å²) in [5.41, 5.74) is 4.66. The number of para-hydroxylation sites is 1. The molecule has 148 valence electrons. The van der Waals surface area contributed by atoms with Crippen molar-refractivity contribution < 1.29 is 14.1 Å². The number of amides is 1. The van der Waals surface area contributed by atoms with Crippen molar-refractivity contribution in [3.05, 3.63) is 92.0 Å². The molecular formula is C20H16ClFN4O3. The predicted molar refractivity (Wildman–Crippen MR) is 108 cm³/mol. The predicted octanol–water partition coefficient (Wildman–Crippen LogP) is 4.56. The molecule has 0 saturated carbocycles. The van der Waals surface area contributed by atoms with Gasteiger partial charge in [-0.25, -0.2) is 9.82 Å². The lowest BCUT2D eigenvalue weighted by Gasteiger charge is -2.10. The maximum absolute atomic E-state index is 14.1. The Morgan fingerprint density at radius 3 is 2.66 bits per heavy atom. The molecule has 0 unspecified atom stereocenters. The van der Waals surface area contributed by atoms with Gasteiger partial charge in [0.25, 0.3) is 11.6 Å². The Labute approximate surface area is 170 Å². The average Bonchev–Trinajstić information content (AvgIpc) is 2.96. The largest absolute Gasteiger partial charge is 0.315 e. The third-order valence-corrected chi connectivity index (χ3v) is 4.66. The number of nitro benzene ring substituents is 1. The molecule has 0 saturated heterocycles. The molecule has 29 heavy (non-hydrogen) atoms. The number of hydrazone groups is 1. The van der Waals surface area contributed by atoms with Gasteiger partial charge in [0.05, 0.1) is 16.8 Å². The van der Waals surface area contributed by atoms with Crippen LogP contribution < -0.4 is 5.43 Å². The van der Waals surface area contributed by atoms with Gasteiger partial charge in [0, 0.05) is 28.6 Å². The van der Waals surface area contributed by atoms with E-state index in [2.05, 4.69) is 10.5 Å². The van der Waals surface area contributed by atoms with E-state index in [-0.39, 0.29) is 22.1 Å². The number of hydrogen-bond acceptors (Lipinski definition) is 4. The van der Waals surface area contributed by atoms with Crippen LogP contribution in [-0.2, 0) is 0 Å². The third-order valence-electron chi connectivity index (χ3n) is 4.34. The molecule has 2 aromatic carbocycles. The lowest BCUT2D eigenvalue weighted by Crippen LogP contribution is -2.17. The highest BCUT2D eigenvalue weighted by Crippen LogP contribution is 2.25. The smallest absolute Gasteiger partial charge is 0.288 e. The van der Waals surface area contributed by atoms with E-state index in [1.54, 1.807) is 22.8 Å². The average molecular weight is 415 g/mol. The van der Waals surface area contributed by atoms with Crippen molar-refractivity contribution >= 4 is 29.4 Å². The van der Waals surface area contributed by atoms with Crippen molar-refractivity contribution in [2.24, 2.45) is 5.10 Å². The van der Waals surface area contributed by atoms with Gasteiger partial charge in [-0.05, 0) is 44.2 Å². The van der Waals surface area contributed by atoms with E-state index in [1.807, 2.05) is 19.9 Å². The van der Waals surface area contributed by atoms with Crippen molar-refractivity contribution in [3.63, 3.8) is 0 Å². The van der Waals surface area contributed by atoms with Crippen LogP contribution in [0.15, 0.2) is 53.6 Å². The van der Waals surface area contributed by atoms with Crippen molar-refractivity contribution in [1.82, 2.24) is 9.99 Å². The number of aryl methyl sites for hydroxylation is 1. The molecule has 1 amide bonds. The number of benzene rings is 2. The Morgan fingerprint density at radius 2 is 1.97 bits per heavy atom. The summed E-state index contributed by atoms with van der Waals surface area (Å²) in [6, 6.07) is 12.0. The second-order valence-electron chi connectivity index (χ2n) is 6.24. The second-order valence-corrected chi connectivity index (χ2v) is 6.64. The molecule has 0 spiro atoms. The molecule has 0 radical (unpaired) electrons. The normalized spacial score (nSPS) is 11.0. The number of carbonyl (C=O) groups is 1. The van der Waals surface area contributed by atoms with Crippen LogP contribution in [0.2, 0.25) is 5.02 Å². The summed E-state index contributed by atoms with van der Waals surface area (Å²) in [6.45, 7) is 3.65. The summed E-state index contributed by atoms with van der Waals surface area (Å²) in [5, 5.41) is 14.8. The highest BCUT2D eigenvalue weighted by Gasteiger charge is 2.16. The van der Waals surface area contributed by atoms with Crippen molar-refractivity contribution in [2.45, 2.75) is 13.8 Å². The van der Waals surface area contributed by atoms with E-state index in [1.165, 1.54) is 24.4 Å². The first-order valence-corrected chi connectivity index (χ1v) is 8.88. The Balaban J connectivity index is 1.80. The minimum Gasteiger partial charge on any atom is -0.315 e. The number of halogens is 2. The van der Waals surface area contributed by atoms with Crippen LogP contribution in [0.1, 0.15) is 27.3 Å². The zero-order valence-electron chi connectivity index (χ0n) is 15.5. The number of nitro groups is 1. The van der Waals surface area contributed by atoms with Gasteiger partial charge < -0.3 is 4.57 Å². The molecule has 1 N–H and O–H groups in total. The number of rotatable bonds is 5. The fourth-order valence-electron chi connectivity index (χ4n) is 2.94. The third kappa shape index (κ3) is 4.17. The summed E-state index contributed by atoms with van der Waals surface area (Å²) in [5.74, 6) is -0.973. The van der Waals surface area contributed by atoms with Gasteiger partial charge in [0.15, 0.2) is 0 Å². The molecule has 1 heterocycles. The highest BCUT2D eigenvalue weighted by atomic mass is 35.5. The van der Waals surface area contributed by atoms with Crippen LogP contribution in [0.3, 0.4) is 0 Å². The molecule has 3 aromatic rings. The topological polar surface area (TPSA) is 89.5 Å². The first kappa shape index (κ1) is 20.2. The summed E-state index contributed by atoms with van der Waals surface area (Å²) < 4.78 is 15.9. The fourth-order valence-corrected chi connectivity index (χ4v) is 3.13. The number of nitrogens with zero attached hydrogens (tertiary/aromatic N) is 3. The molecular weight excluding hydrogens is 399 g/mol. The van der Waals surface area contributed by atoms with Crippen molar-refractivity contribution in [1.29, 1.82) is 0 Å². The second kappa shape index (κ2) is 8.24. The number of hydrogen-bond donors (Lipinski definition) is 1.